The van der Waals surface area contributed by atoms with Crippen molar-refractivity contribution in [1.82, 2.24) is 0 Å². The normalized spacial score (nSPS) is 10.5. The molecule has 0 saturated carbocycles. The average Bonchev–Trinajstić information content (AvgIpc) is 2.73. The van der Waals surface area contributed by atoms with Crippen molar-refractivity contribution >= 4 is 29.2 Å². The first-order valence-corrected chi connectivity index (χ1v) is 10.0. The van der Waals surface area contributed by atoms with Crippen molar-refractivity contribution in [2.45, 2.75) is 20.1 Å². The molecular weight excluding hydrogens is 427 g/mol. The van der Waals surface area contributed by atoms with Crippen LogP contribution < -0.4 is 14.2 Å². The predicted molar refractivity (Wildman–Crippen MR) is 116 cm³/mol. The summed E-state index contributed by atoms with van der Waals surface area (Å²) >= 11 is 12.3. The number of ether oxygens (including phenoxy) is 3. The molecule has 0 aliphatic rings. The molecule has 0 spiro atoms. The minimum atomic E-state index is -1.11. The molecule has 0 radical (unpaired) electrons. The lowest BCUT2D eigenvalue weighted by Crippen LogP contribution is -2.03. The summed E-state index contributed by atoms with van der Waals surface area (Å²) in [6.45, 7) is 2.98. The first kappa shape index (κ1) is 21.8. The molecule has 0 atom stereocenters. The molecule has 0 aliphatic carbocycles. The van der Waals surface area contributed by atoms with E-state index in [0.717, 1.165) is 11.1 Å². The van der Waals surface area contributed by atoms with Crippen LogP contribution in [0.15, 0.2) is 60.7 Å². The van der Waals surface area contributed by atoms with Crippen LogP contribution >= 0.6 is 23.2 Å². The smallest absolute Gasteiger partial charge is 0.335 e. The highest BCUT2D eigenvalue weighted by molar-refractivity contribution is 6.37. The van der Waals surface area contributed by atoms with Crippen LogP contribution in [0.25, 0.3) is 0 Å². The van der Waals surface area contributed by atoms with E-state index in [1.807, 2.05) is 55.5 Å². The fourth-order valence-corrected chi connectivity index (χ4v) is 3.34. The summed E-state index contributed by atoms with van der Waals surface area (Å²) in [6.07, 6.45) is 0. The van der Waals surface area contributed by atoms with E-state index >= 15 is 0 Å². The van der Waals surface area contributed by atoms with E-state index < -0.39 is 5.97 Å². The van der Waals surface area contributed by atoms with Crippen molar-refractivity contribution in [3.63, 3.8) is 0 Å². The number of aromatic carboxylic acids is 1. The SMILES string of the molecule is CCOc1cc(COc2c(Cl)cc(C(=O)O)cc2Cl)ccc1OCc1ccccc1. The van der Waals surface area contributed by atoms with Gasteiger partial charge in [0.25, 0.3) is 0 Å². The number of carbonyl (C=O) groups is 1. The maximum atomic E-state index is 11.1. The Kier molecular flexibility index (Phi) is 7.44. The average molecular weight is 447 g/mol. The fraction of sp³-hybridized carbons (Fsp3) is 0.174. The van der Waals surface area contributed by atoms with Gasteiger partial charge in [0.2, 0.25) is 0 Å². The van der Waals surface area contributed by atoms with Gasteiger partial charge in [-0.05, 0) is 42.3 Å². The maximum Gasteiger partial charge on any atom is 0.335 e. The molecule has 0 bridgehead atoms. The maximum absolute atomic E-state index is 11.1. The summed E-state index contributed by atoms with van der Waals surface area (Å²) in [6, 6.07) is 18.0. The molecule has 0 fully saturated rings. The summed E-state index contributed by atoms with van der Waals surface area (Å²) in [5.74, 6) is 0.350. The number of benzene rings is 3. The number of hydrogen-bond donors (Lipinski definition) is 1. The summed E-state index contributed by atoms with van der Waals surface area (Å²) in [5.41, 5.74) is 1.87. The molecule has 30 heavy (non-hydrogen) atoms. The lowest BCUT2D eigenvalue weighted by atomic mass is 10.2. The van der Waals surface area contributed by atoms with Gasteiger partial charge in [-0.3, -0.25) is 0 Å². The van der Waals surface area contributed by atoms with Crippen LogP contribution in [0.5, 0.6) is 17.2 Å². The molecule has 156 valence electrons. The Labute approximate surface area is 184 Å². The lowest BCUT2D eigenvalue weighted by molar-refractivity contribution is 0.0697. The zero-order valence-corrected chi connectivity index (χ0v) is 17.7. The monoisotopic (exact) mass is 446 g/mol. The molecule has 0 heterocycles. The van der Waals surface area contributed by atoms with E-state index in [9.17, 15) is 4.79 Å². The van der Waals surface area contributed by atoms with Crippen LogP contribution in [0.3, 0.4) is 0 Å². The third kappa shape index (κ3) is 5.59. The van der Waals surface area contributed by atoms with Gasteiger partial charge in [-0.2, -0.15) is 0 Å². The van der Waals surface area contributed by atoms with Gasteiger partial charge in [-0.15, -0.1) is 0 Å². The van der Waals surface area contributed by atoms with Gasteiger partial charge in [0.1, 0.15) is 13.2 Å². The molecule has 5 nitrogen and oxygen atoms in total. The molecule has 1 N–H and O–H groups in total. The number of carboxylic acid groups (broad SMARTS) is 1. The van der Waals surface area contributed by atoms with Gasteiger partial charge >= 0.3 is 5.97 Å². The summed E-state index contributed by atoms with van der Waals surface area (Å²) in [7, 11) is 0. The molecular formula is C23H20Cl2O5. The molecule has 0 aliphatic heterocycles. The van der Waals surface area contributed by atoms with E-state index in [1.165, 1.54) is 12.1 Å². The van der Waals surface area contributed by atoms with Crippen LogP contribution in [0, 0.1) is 0 Å². The van der Waals surface area contributed by atoms with Crippen LogP contribution in [0.1, 0.15) is 28.4 Å². The van der Waals surface area contributed by atoms with E-state index in [0.29, 0.717) is 24.7 Å². The minimum absolute atomic E-state index is 0.00380. The second-order valence-corrected chi connectivity index (χ2v) is 7.17. The third-order valence-corrected chi connectivity index (χ3v) is 4.74. The van der Waals surface area contributed by atoms with Gasteiger partial charge in [0.05, 0.1) is 22.2 Å². The Hall–Kier alpha value is -2.89. The highest BCUT2D eigenvalue weighted by Crippen LogP contribution is 2.35. The largest absolute Gasteiger partial charge is 0.490 e. The van der Waals surface area contributed by atoms with Crippen LogP contribution in [0.2, 0.25) is 10.0 Å². The third-order valence-electron chi connectivity index (χ3n) is 4.17. The van der Waals surface area contributed by atoms with E-state index in [-0.39, 0.29) is 28.0 Å². The Morgan fingerprint density at radius 1 is 0.833 bits per heavy atom. The second kappa shape index (κ2) is 10.2. The topological polar surface area (TPSA) is 65.0 Å². The van der Waals surface area contributed by atoms with Gasteiger partial charge in [0, 0.05) is 0 Å². The second-order valence-electron chi connectivity index (χ2n) is 6.35. The van der Waals surface area contributed by atoms with Gasteiger partial charge in [-0.1, -0.05) is 59.6 Å². The molecule has 7 heteroatoms. The Balaban J connectivity index is 1.72. The summed E-state index contributed by atoms with van der Waals surface area (Å²) < 4.78 is 17.4. The first-order valence-electron chi connectivity index (χ1n) is 9.25. The van der Waals surface area contributed by atoms with Crippen LogP contribution in [0.4, 0.5) is 0 Å². The Morgan fingerprint density at radius 2 is 1.50 bits per heavy atom. The van der Waals surface area contributed by atoms with Crippen molar-refractivity contribution in [3.8, 4) is 17.2 Å². The molecule has 0 amide bonds. The standard InChI is InChI=1S/C23H20Cl2O5/c1-2-28-21-10-16(8-9-20(21)29-13-15-6-4-3-5-7-15)14-30-22-18(24)11-17(23(26)27)12-19(22)25/h3-12H,2,13-14H2,1H3,(H,26,27). The van der Waals surface area contributed by atoms with E-state index in [2.05, 4.69) is 0 Å². The Bertz CT molecular complexity index is 998. The van der Waals surface area contributed by atoms with Gasteiger partial charge < -0.3 is 19.3 Å². The predicted octanol–water partition coefficient (Wildman–Crippen LogP) is 6.25. The zero-order chi connectivity index (χ0) is 21.5. The number of carboxylic acids is 1. The van der Waals surface area contributed by atoms with E-state index in [4.69, 9.17) is 42.5 Å². The van der Waals surface area contributed by atoms with Crippen molar-refractivity contribution in [2.75, 3.05) is 6.61 Å². The highest BCUT2D eigenvalue weighted by Gasteiger charge is 2.14. The van der Waals surface area contributed by atoms with Crippen LogP contribution in [-0.2, 0) is 13.2 Å². The Morgan fingerprint density at radius 3 is 2.13 bits per heavy atom. The van der Waals surface area contributed by atoms with Crippen molar-refractivity contribution < 1.29 is 24.1 Å². The molecule has 0 aromatic heterocycles. The quantitative estimate of drug-likeness (QED) is 0.420. The molecule has 0 unspecified atom stereocenters. The highest BCUT2D eigenvalue weighted by atomic mass is 35.5. The van der Waals surface area contributed by atoms with Crippen molar-refractivity contribution in [3.05, 3.63) is 87.4 Å². The fourth-order valence-electron chi connectivity index (χ4n) is 2.74. The van der Waals surface area contributed by atoms with Gasteiger partial charge in [0.15, 0.2) is 17.2 Å². The van der Waals surface area contributed by atoms with Crippen molar-refractivity contribution in [2.24, 2.45) is 0 Å². The molecule has 3 aromatic carbocycles. The number of rotatable bonds is 9. The van der Waals surface area contributed by atoms with E-state index in [1.54, 1.807) is 0 Å². The summed E-state index contributed by atoms with van der Waals surface area (Å²) in [5, 5.41) is 9.34. The first-order chi connectivity index (χ1) is 14.5. The minimum Gasteiger partial charge on any atom is -0.490 e. The van der Waals surface area contributed by atoms with Crippen molar-refractivity contribution in [1.29, 1.82) is 0 Å². The molecule has 3 aromatic rings. The molecule has 3 rings (SSSR count). The summed E-state index contributed by atoms with van der Waals surface area (Å²) in [4.78, 5) is 11.1. The molecule has 0 saturated heterocycles. The van der Waals surface area contributed by atoms with Gasteiger partial charge in [-0.25, -0.2) is 4.79 Å². The zero-order valence-electron chi connectivity index (χ0n) is 16.2. The lowest BCUT2D eigenvalue weighted by Gasteiger charge is -2.15. The van der Waals surface area contributed by atoms with Crippen LogP contribution in [-0.4, -0.2) is 17.7 Å². The number of hydrogen-bond acceptors (Lipinski definition) is 4. The number of halogens is 2.